The zero-order chi connectivity index (χ0) is 25.5. The van der Waals surface area contributed by atoms with Crippen molar-refractivity contribution >= 4 is 52.1 Å². The molecule has 36 heavy (non-hydrogen) atoms. The number of benzene rings is 2. The summed E-state index contributed by atoms with van der Waals surface area (Å²) < 4.78 is 5.46. The van der Waals surface area contributed by atoms with Crippen LogP contribution in [0.25, 0.3) is 0 Å². The lowest BCUT2D eigenvalue weighted by Crippen LogP contribution is -2.40. The van der Waals surface area contributed by atoms with Gasteiger partial charge in [0.1, 0.15) is 11.8 Å². The van der Waals surface area contributed by atoms with Crippen molar-refractivity contribution in [3.8, 4) is 5.75 Å². The van der Waals surface area contributed by atoms with E-state index in [2.05, 4.69) is 10.2 Å². The molecule has 2 aromatic carbocycles. The van der Waals surface area contributed by atoms with Crippen LogP contribution < -0.4 is 15.0 Å². The van der Waals surface area contributed by atoms with E-state index >= 15 is 0 Å². The standard InChI is InChI=1S/C27H33ClN4O3S/c1-2-35-23-13-9-21(10-14-23)29-25(33)19-24-26(34)32(22-11-7-20(28)8-12-22)27(36)31(24)18-6-17-30-15-4-3-5-16-30/h7-14,24H,2-6,15-19H2,1H3,(H,29,33)/t24-/m1/s1. The summed E-state index contributed by atoms with van der Waals surface area (Å²) in [6.45, 7) is 6.31. The molecule has 0 bridgehead atoms. The van der Waals surface area contributed by atoms with Gasteiger partial charge in [-0.25, -0.2) is 0 Å². The minimum atomic E-state index is -0.655. The molecule has 2 aliphatic rings. The number of thiocarbonyl (C=S) groups is 1. The summed E-state index contributed by atoms with van der Waals surface area (Å²) in [5.74, 6) is 0.312. The Morgan fingerprint density at radius 1 is 1.06 bits per heavy atom. The van der Waals surface area contributed by atoms with E-state index in [0.29, 0.717) is 34.7 Å². The third kappa shape index (κ3) is 6.55. The summed E-state index contributed by atoms with van der Waals surface area (Å²) in [5, 5.41) is 3.92. The number of likely N-dealkylation sites (tertiary alicyclic amines) is 1. The summed E-state index contributed by atoms with van der Waals surface area (Å²) in [6.07, 6.45) is 4.65. The number of amides is 2. The highest BCUT2D eigenvalue weighted by Gasteiger charge is 2.43. The molecular formula is C27H33ClN4O3S. The highest BCUT2D eigenvalue weighted by Crippen LogP contribution is 2.29. The fourth-order valence-electron chi connectivity index (χ4n) is 4.75. The van der Waals surface area contributed by atoms with Gasteiger partial charge in [0.25, 0.3) is 5.91 Å². The van der Waals surface area contributed by atoms with Gasteiger partial charge in [-0.3, -0.25) is 14.5 Å². The lowest BCUT2D eigenvalue weighted by Gasteiger charge is -2.28. The van der Waals surface area contributed by atoms with Crippen molar-refractivity contribution in [2.45, 2.75) is 45.1 Å². The number of ether oxygens (including phenoxy) is 1. The Labute approximate surface area is 223 Å². The van der Waals surface area contributed by atoms with Crippen molar-refractivity contribution in [3.05, 3.63) is 53.6 Å². The van der Waals surface area contributed by atoms with Gasteiger partial charge in [0.15, 0.2) is 5.11 Å². The average molecular weight is 529 g/mol. The van der Waals surface area contributed by atoms with Gasteiger partial charge in [-0.15, -0.1) is 0 Å². The maximum atomic E-state index is 13.5. The maximum absolute atomic E-state index is 13.5. The van der Waals surface area contributed by atoms with Crippen LogP contribution in [-0.4, -0.2) is 65.6 Å². The summed E-state index contributed by atoms with van der Waals surface area (Å²) in [6, 6.07) is 13.6. The first-order chi connectivity index (χ1) is 17.5. The fourth-order valence-corrected chi connectivity index (χ4v) is 5.29. The Morgan fingerprint density at radius 2 is 1.75 bits per heavy atom. The summed E-state index contributed by atoms with van der Waals surface area (Å²) >= 11 is 11.8. The van der Waals surface area contributed by atoms with E-state index in [-0.39, 0.29) is 18.2 Å². The SMILES string of the molecule is CCOc1ccc(NC(=O)C[C@@H]2C(=O)N(c3ccc(Cl)cc3)C(=S)N2CCCN2CCCCC2)cc1. The van der Waals surface area contributed by atoms with E-state index in [1.165, 1.54) is 24.2 Å². The van der Waals surface area contributed by atoms with Gasteiger partial charge in [0.2, 0.25) is 5.91 Å². The van der Waals surface area contributed by atoms with Crippen LogP contribution in [0, 0.1) is 0 Å². The van der Waals surface area contributed by atoms with Crippen LogP contribution in [0.15, 0.2) is 48.5 Å². The van der Waals surface area contributed by atoms with E-state index in [1.807, 2.05) is 24.0 Å². The van der Waals surface area contributed by atoms with Crippen LogP contribution in [0.3, 0.4) is 0 Å². The van der Waals surface area contributed by atoms with Crippen molar-refractivity contribution in [2.75, 3.05) is 43.0 Å². The van der Waals surface area contributed by atoms with Crippen LogP contribution in [0.1, 0.15) is 39.0 Å². The number of carbonyl (C=O) groups excluding carboxylic acids is 2. The quantitative estimate of drug-likeness (QED) is 0.440. The topological polar surface area (TPSA) is 65.1 Å². The Morgan fingerprint density at radius 3 is 2.42 bits per heavy atom. The van der Waals surface area contributed by atoms with E-state index in [1.54, 1.807) is 36.4 Å². The number of piperidine rings is 1. The molecule has 0 saturated carbocycles. The maximum Gasteiger partial charge on any atom is 0.256 e. The Bertz CT molecular complexity index is 1060. The smallest absolute Gasteiger partial charge is 0.256 e. The van der Waals surface area contributed by atoms with E-state index in [9.17, 15) is 9.59 Å². The van der Waals surface area contributed by atoms with Gasteiger partial charge in [0, 0.05) is 17.3 Å². The summed E-state index contributed by atoms with van der Waals surface area (Å²) in [7, 11) is 0. The Hall–Kier alpha value is -2.68. The van der Waals surface area contributed by atoms with Crippen molar-refractivity contribution in [2.24, 2.45) is 0 Å². The largest absolute Gasteiger partial charge is 0.494 e. The zero-order valence-electron chi connectivity index (χ0n) is 20.6. The molecule has 0 spiro atoms. The third-order valence-corrected chi connectivity index (χ3v) is 7.22. The lowest BCUT2D eigenvalue weighted by molar-refractivity contribution is -0.124. The first-order valence-electron chi connectivity index (χ1n) is 12.6. The van der Waals surface area contributed by atoms with Gasteiger partial charge < -0.3 is 19.9 Å². The van der Waals surface area contributed by atoms with Gasteiger partial charge in [-0.2, -0.15) is 0 Å². The molecule has 1 atom stereocenters. The molecule has 7 nitrogen and oxygen atoms in total. The highest BCUT2D eigenvalue weighted by molar-refractivity contribution is 7.80. The first-order valence-corrected chi connectivity index (χ1v) is 13.4. The number of hydrogen-bond donors (Lipinski definition) is 1. The first kappa shape index (κ1) is 26.4. The van der Waals surface area contributed by atoms with Gasteiger partial charge >= 0.3 is 0 Å². The lowest BCUT2D eigenvalue weighted by atomic mass is 10.1. The van der Waals surface area contributed by atoms with Crippen LogP contribution in [-0.2, 0) is 9.59 Å². The number of rotatable bonds is 10. The van der Waals surface area contributed by atoms with Crippen LogP contribution in [0.2, 0.25) is 5.02 Å². The Kier molecular flexibility index (Phi) is 9.18. The second kappa shape index (κ2) is 12.5. The number of nitrogens with zero attached hydrogens (tertiary/aromatic N) is 3. The normalized spacial score (nSPS) is 18.6. The molecule has 2 amide bonds. The second-order valence-electron chi connectivity index (χ2n) is 9.11. The fraction of sp³-hybridized carbons (Fsp3) is 0.444. The molecule has 0 aliphatic carbocycles. The molecule has 9 heteroatoms. The van der Waals surface area contributed by atoms with Crippen molar-refractivity contribution < 1.29 is 14.3 Å². The van der Waals surface area contributed by atoms with Crippen LogP contribution in [0.5, 0.6) is 5.75 Å². The molecule has 2 saturated heterocycles. The van der Waals surface area contributed by atoms with Gasteiger partial charge in [-0.1, -0.05) is 18.0 Å². The van der Waals surface area contributed by atoms with E-state index < -0.39 is 6.04 Å². The molecule has 2 aromatic rings. The molecular weight excluding hydrogens is 496 g/mol. The molecule has 0 unspecified atom stereocenters. The van der Waals surface area contributed by atoms with Crippen LogP contribution >= 0.6 is 23.8 Å². The van der Waals surface area contributed by atoms with Crippen molar-refractivity contribution in [3.63, 3.8) is 0 Å². The Balaban J connectivity index is 1.45. The molecule has 4 rings (SSSR count). The molecule has 2 fully saturated rings. The summed E-state index contributed by atoms with van der Waals surface area (Å²) in [4.78, 5) is 32.4. The van der Waals surface area contributed by atoms with Crippen LogP contribution in [0.4, 0.5) is 11.4 Å². The number of carbonyl (C=O) groups is 2. The van der Waals surface area contributed by atoms with E-state index in [4.69, 9.17) is 28.6 Å². The highest BCUT2D eigenvalue weighted by atomic mass is 35.5. The minimum absolute atomic E-state index is 0.0139. The summed E-state index contributed by atoms with van der Waals surface area (Å²) in [5.41, 5.74) is 1.31. The molecule has 1 N–H and O–H groups in total. The minimum Gasteiger partial charge on any atom is -0.494 e. The molecule has 0 radical (unpaired) electrons. The van der Waals surface area contributed by atoms with Gasteiger partial charge in [-0.05, 0) is 107 Å². The number of anilines is 2. The monoisotopic (exact) mass is 528 g/mol. The van der Waals surface area contributed by atoms with Gasteiger partial charge in [0.05, 0.1) is 18.7 Å². The molecule has 192 valence electrons. The second-order valence-corrected chi connectivity index (χ2v) is 9.91. The zero-order valence-corrected chi connectivity index (χ0v) is 22.2. The average Bonchev–Trinajstić information content (AvgIpc) is 3.10. The number of hydrogen-bond acceptors (Lipinski definition) is 5. The van der Waals surface area contributed by atoms with E-state index in [0.717, 1.165) is 31.8 Å². The van der Waals surface area contributed by atoms with Crippen molar-refractivity contribution in [1.82, 2.24) is 9.80 Å². The molecule has 2 heterocycles. The molecule has 0 aromatic heterocycles. The number of nitrogens with one attached hydrogen (secondary N) is 1. The third-order valence-electron chi connectivity index (χ3n) is 6.55. The number of halogens is 1. The molecule has 2 aliphatic heterocycles. The van der Waals surface area contributed by atoms with Crippen molar-refractivity contribution in [1.29, 1.82) is 0 Å². The predicted molar refractivity (Wildman–Crippen MR) is 148 cm³/mol. The predicted octanol–water partition coefficient (Wildman–Crippen LogP) is 4.95.